The van der Waals surface area contributed by atoms with E-state index in [1.807, 2.05) is 27.7 Å². The van der Waals surface area contributed by atoms with E-state index in [0.717, 1.165) is 12.8 Å². The van der Waals surface area contributed by atoms with Gasteiger partial charge in [0.05, 0.1) is 5.92 Å². The summed E-state index contributed by atoms with van der Waals surface area (Å²) in [5.74, 6) is 0.0599. The lowest BCUT2D eigenvalue weighted by atomic mass is 9.72. The van der Waals surface area contributed by atoms with Crippen LogP contribution < -0.4 is 5.32 Å². The Labute approximate surface area is 172 Å². The van der Waals surface area contributed by atoms with Gasteiger partial charge in [0, 0.05) is 47.7 Å². The smallest absolute Gasteiger partial charge is 0.324 e. The number of carbonyl (C=O) groups is 2. The summed E-state index contributed by atoms with van der Waals surface area (Å²) >= 11 is 0. The lowest BCUT2D eigenvalue weighted by Gasteiger charge is -2.46. The van der Waals surface area contributed by atoms with Crippen molar-refractivity contribution in [3.63, 3.8) is 0 Å². The van der Waals surface area contributed by atoms with Crippen LogP contribution in [0.4, 0.5) is 4.79 Å². The topological polar surface area (TPSA) is 68.4 Å². The molecule has 6 nitrogen and oxygen atoms in total. The second kappa shape index (κ2) is 7.48. The Kier molecular flexibility index (Phi) is 5.15. The van der Waals surface area contributed by atoms with E-state index in [-0.39, 0.29) is 29.9 Å². The van der Waals surface area contributed by atoms with Crippen molar-refractivity contribution in [3.05, 3.63) is 35.5 Å². The third-order valence-corrected chi connectivity index (χ3v) is 6.46. The second-order valence-corrected chi connectivity index (χ2v) is 9.24. The van der Waals surface area contributed by atoms with Crippen molar-refractivity contribution in [2.24, 2.45) is 5.92 Å². The van der Waals surface area contributed by atoms with E-state index in [1.165, 1.54) is 26.9 Å². The van der Waals surface area contributed by atoms with E-state index in [9.17, 15) is 9.59 Å². The number of carbonyl (C=O) groups excluding carboxylic acids is 2. The van der Waals surface area contributed by atoms with E-state index < -0.39 is 0 Å². The van der Waals surface area contributed by atoms with Gasteiger partial charge in [-0.1, -0.05) is 12.1 Å². The van der Waals surface area contributed by atoms with Crippen molar-refractivity contribution >= 4 is 22.8 Å². The Morgan fingerprint density at radius 2 is 2.00 bits per heavy atom. The van der Waals surface area contributed by atoms with Crippen LogP contribution in [0.15, 0.2) is 24.4 Å². The normalized spacial score (nSPS) is 24.0. The van der Waals surface area contributed by atoms with Gasteiger partial charge in [-0.2, -0.15) is 0 Å². The SMILES string of the molecule is CC(C)NC(=O)N(C(=O)[C@@H]1CC2c3cccc4[nH]cc(c34)C[C@H]2N(C)C1)C(C)C. The highest BCUT2D eigenvalue weighted by molar-refractivity contribution is 5.96. The molecule has 1 aromatic carbocycles. The molecule has 4 rings (SSSR count). The zero-order valence-electron chi connectivity index (χ0n) is 18.0. The van der Waals surface area contributed by atoms with Gasteiger partial charge in [-0.15, -0.1) is 0 Å². The monoisotopic (exact) mass is 396 g/mol. The molecule has 0 radical (unpaired) electrons. The average Bonchev–Trinajstić information content (AvgIpc) is 3.06. The Morgan fingerprint density at radius 1 is 1.24 bits per heavy atom. The number of nitrogens with one attached hydrogen (secondary N) is 2. The van der Waals surface area contributed by atoms with Gasteiger partial charge in [0.1, 0.15) is 0 Å². The molecule has 3 atom stereocenters. The molecule has 0 saturated carbocycles. The highest BCUT2D eigenvalue weighted by Crippen LogP contribution is 2.44. The number of hydrogen-bond donors (Lipinski definition) is 2. The van der Waals surface area contributed by atoms with Gasteiger partial charge in [-0.25, -0.2) is 4.79 Å². The number of fused-ring (bicyclic) bond motifs is 2. The number of benzene rings is 1. The molecule has 0 bridgehead atoms. The molecule has 1 aliphatic heterocycles. The number of imide groups is 1. The fourth-order valence-corrected chi connectivity index (χ4v) is 5.22. The number of nitrogens with zero attached hydrogens (tertiary/aromatic N) is 2. The molecule has 2 aromatic rings. The van der Waals surface area contributed by atoms with Gasteiger partial charge in [-0.3, -0.25) is 9.69 Å². The van der Waals surface area contributed by atoms with Crippen molar-refractivity contribution < 1.29 is 9.59 Å². The zero-order chi connectivity index (χ0) is 20.9. The molecule has 1 aromatic heterocycles. The van der Waals surface area contributed by atoms with Crippen molar-refractivity contribution in [1.82, 2.24) is 20.1 Å². The van der Waals surface area contributed by atoms with E-state index in [2.05, 4.69) is 46.6 Å². The summed E-state index contributed by atoms with van der Waals surface area (Å²) in [7, 11) is 2.11. The molecule has 2 aliphatic rings. The molecule has 0 spiro atoms. The summed E-state index contributed by atoms with van der Waals surface area (Å²) in [6.45, 7) is 8.32. The molecule has 3 amide bonds. The summed E-state index contributed by atoms with van der Waals surface area (Å²) in [5, 5.41) is 4.21. The van der Waals surface area contributed by atoms with Crippen LogP contribution in [0, 0.1) is 5.92 Å². The van der Waals surface area contributed by atoms with Crippen LogP contribution >= 0.6 is 0 Å². The summed E-state index contributed by atoms with van der Waals surface area (Å²) in [4.78, 5) is 33.3. The molecule has 2 heterocycles. The lowest BCUT2D eigenvalue weighted by molar-refractivity contribution is -0.136. The van der Waals surface area contributed by atoms with Gasteiger partial charge in [-0.05, 0) is 64.8 Å². The number of rotatable bonds is 3. The standard InChI is InChI=1S/C23H32N4O2/c1-13(2)25-23(29)27(14(3)4)22(28)16-9-18-17-7-6-8-19-21(17)15(11-24-19)10-20(18)26(5)12-16/h6-8,11,13-14,16,18,20,24H,9-10,12H2,1-5H3,(H,25,29)/t16-,18?,20-/m1/s1. The quantitative estimate of drug-likeness (QED) is 0.835. The summed E-state index contributed by atoms with van der Waals surface area (Å²) in [5.41, 5.74) is 3.88. The first kappa shape index (κ1) is 20.0. The average molecular weight is 397 g/mol. The largest absolute Gasteiger partial charge is 0.361 e. The van der Waals surface area contributed by atoms with Crippen LogP contribution in [-0.2, 0) is 11.2 Å². The van der Waals surface area contributed by atoms with E-state index in [4.69, 9.17) is 0 Å². The summed E-state index contributed by atoms with van der Waals surface area (Å²) in [6.07, 6.45) is 3.92. The van der Waals surface area contributed by atoms with Gasteiger partial charge in [0.15, 0.2) is 0 Å². The number of piperidine rings is 1. The number of urea groups is 1. The Bertz CT molecular complexity index is 932. The molecule has 1 fully saturated rings. The molecule has 2 N–H and O–H groups in total. The van der Waals surface area contributed by atoms with Gasteiger partial charge >= 0.3 is 6.03 Å². The number of hydrogen-bond acceptors (Lipinski definition) is 3. The van der Waals surface area contributed by atoms with Gasteiger partial charge in [0.2, 0.25) is 5.91 Å². The minimum absolute atomic E-state index is 0.00193. The zero-order valence-corrected chi connectivity index (χ0v) is 18.0. The van der Waals surface area contributed by atoms with Crippen LogP contribution in [0.25, 0.3) is 10.9 Å². The Balaban J connectivity index is 1.63. The van der Waals surface area contributed by atoms with Crippen LogP contribution in [0.1, 0.15) is 51.2 Å². The van der Waals surface area contributed by atoms with Crippen molar-refractivity contribution in [2.75, 3.05) is 13.6 Å². The van der Waals surface area contributed by atoms with Crippen LogP contribution in [0.2, 0.25) is 0 Å². The molecule has 1 unspecified atom stereocenters. The first-order chi connectivity index (χ1) is 13.8. The van der Waals surface area contributed by atoms with E-state index in [0.29, 0.717) is 18.5 Å². The van der Waals surface area contributed by atoms with Crippen molar-refractivity contribution in [3.8, 4) is 0 Å². The maximum Gasteiger partial charge on any atom is 0.324 e. The molecule has 1 saturated heterocycles. The first-order valence-corrected chi connectivity index (χ1v) is 10.7. The third-order valence-electron chi connectivity index (χ3n) is 6.46. The molecule has 1 aliphatic carbocycles. The maximum absolute atomic E-state index is 13.5. The molecule has 29 heavy (non-hydrogen) atoms. The predicted octanol–water partition coefficient (Wildman–Crippen LogP) is 3.48. The highest BCUT2D eigenvalue weighted by Gasteiger charge is 2.43. The predicted molar refractivity (Wildman–Crippen MR) is 115 cm³/mol. The molecule has 156 valence electrons. The second-order valence-electron chi connectivity index (χ2n) is 9.24. The number of H-pyrrole nitrogens is 1. The van der Waals surface area contributed by atoms with Crippen molar-refractivity contribution in [2.45, 2.75) is 64.6 Å². The number of aromatic amines is 1. The number of likely N-dealkylation sites (N-methyl/N-ethyl adjacent to an activating group) is 1. The van der Waals surface area contributed by atoms with E-state index in [1.54, 1.807) is 0 Å². The number of amides is 3. The highest BCUT2D eigenvalue weighted by atomic mass is 16.2. The fourth-order valence-electron chi connectivity index (χ4n) is 5.22. The minimum Gasteiger partial charge on any atom is -0.361 e. The van der Waals surface area contributed by atoms with Crippen LogP contribution in [0.5, 0.6) is 0 Å². The minimum atomic E-state index is -0.288. The third kappa shape index (κ3) is 3.44. The first-order valence-electron chi connectivity index (χ1n) is 10.7. The molecule has 6 heteroatoms. The number of aromatic nitrogens is 1. The summed E-state index contributed by atoms with van der Waals surface area (Å²) in [6, 6.07) is 6.36. The van der Waals surface area contributed by atoms with Gasteiger partial charge < -0.3 is 15.2 Å². The van der Waals surface area contributed by atoms with Gasteiger partial charge in [0.25, 0.3) is 0 Å². The van der Waals surface area contributed by atoms with E-state index >= 15 is 0 Å². The fraction of sp³-hybridized carbons (Fsp3) is 0.565. The molecular formula is C23H32N4O2. The maximum atomic E-state index is 13.5. The van der Waals surface area contributed by atoms with Crippen LogP contribution in [-0.4, -0.2) is 58.4 Å². The molecular weight excluding hydrogens is 364 g/mol. The lowest BCUT2D eigenvalue weighted by Crippen LogP contribution is -2.56. The summed E-state index contributed by atoms with van der Waals surface area (Å²) < 4.78 is 0. The van der Waals surface area contributed by atoms with Crippen LogP contribution in [0.3, 0.4) is 0 Å². The Hall–Kier alpha value is -2.34. The number of likely N-dealkylation sites (tertiary alicyclic amines) is 1. The van der Waals surface area contributed by atoms with Crippen molar-refractivity contribution in [1.29, 1.82) is 0 Å². The Morgan fingerprint density at radius 3 is 2.69 bits per heavy atom.